The van der Waals surface area contributed by atoms with Crippen LogP contribution in [0.3, 0.4) is 0 Å². The van der Waals surface area contributed by atoms with Crippen molar-refractivity contribution in [1.29, 1.82) is 0 Å². The van der Waals surface area contributed by atoms with Crippen molar-refractivity contribution in [2.45, 2.75) is 13.1 Å². The molecule has 150 valence electrons. The van der Waals surface area contributed by atoms with Crippen LogP contribution in [0.2, 0.25) is 10.0 Å². The number of nitrogens with one attached hydrogen (secondary N) is 1. The van der Waals surface area contributed by atoms with E-state index in [0.717, 1.165) is 11.1 Å². The van der Waals surface area contributed by atoms with Crippen molar-refractivity contribution in [1.82, 2.24) is 9.88 Å². The van der Waals surface area contributed by atoms with Crippen molar-refractivity contribution >= 4 is 40.0 Å². The van der Waals surface area contributed by atoms with Crippen LogP contribution in [-0.2, 0) is 13.1 Å². The molecule has 0 saturated carbocycles. The molecule has 0 fully saturated rings. The van der Waals surface area contributed by atoms with Gasteiger partial charge in [0.1, 0.15) is 0 Å². The van der Waals surface area contributed by atoms with E-state index in [-0.39, 0.29) is 18.0 Å². The predicted octanol–water partition coefficient (Wildman–Crippen LogP) is 5.29. The molecule has 30 heavy (non-hydrogen) atoms. The lowest BCUT2D eigenvalue weighted by Crippen LogP contribution is -2.28. The Morgan fingerprint density at radius 1 is 0.900 bits per heavy atom. The molecule has 0 atom stereocenters. The Bertz CT molecular complexity index is 1280. The third-order valence-electron chi connectivity index (χ3n) is 4.91. The van der Waals surface area contributed by atoms with Crippen molar-refractivity contribution in [3.8, 4) is 0 Å². The lowest BCUT2D eigenvalue weighted by atomic mass is 10.1. The average molecular weight is 437 g/mol. The molecule has 4 nitrogen and oxygen atoms in total. The number of amides is 1. The Labute approximate surface area is 183 Å². The van der Waals surface area contributed by atoms with Gasteiger partial charge in [0.2, 0.25) is 0 Å². The highest BCUT2D eigenvalue weighted by atomic mass is 35.5. The van der Waals surface area contributed by atoms with Gasteiger partial charge in [-0.25, -0.2) is 0 Å². The number of halogens is 2. The normalized spacial score (nSPS) is 10.9. The zero-order valence-electron chi connectivity index (χ0n) is 15.9. The van der Waals surface area contributed by atoms with Gasteiger partial charge in [-0.1, -0.05) is 71.7 Å². The minimum absolute atomic E-state index is 0.244. The molecule has 4 rings (SSSR count). The lowest BCUT2D eigenvalue weighted by molar-refractivity contribution is 0.0952. The van der Waals surface area contributed by atoms with Gasteiger partial charge in [0.25, 0.3) is 11.5 Å². The standard InChI is InChI=1S/C24H18Cl2N2O2/c25-18-11-9-16(10-12-18)15-28-22-8-4-2-6-19(22)20(13-23(28)29)24(30)27-14-17-5-1-3-7-21(17)26/h1-13H,14-15H2,(H,27,30). The van der Waals surface area contributed by atoms with Gasteiger partial charge in [-0.15, -0.1) is 0 Å². The molecule has 1 amide bonds. The summed E-state index contributed by atoms with van der Waals surface area (Å²) >= 11 is 12.1. The van der Waals surface area contributed by atoms with E-state index in [4.69, 9.17) is 23.2 Å². The van der Waals surface area contributed by atoms with E-state index in [1.54, 1.807) is 22.8 Å². The van der Waals surface area contributed by atoms with Crippen molar-refractivity contribution in [3.05, 3.63) is 116 Å². The monoisotopic (exact) mass is 436 g/mol. The summed E-state index contributed by atoms with van der Waals surface area (Å²) in [6.07, 6.45) is 0. The molecule has 1 N–H and O–H groups in total. The average Bonchev–Trinajstić information content (AvgIpc) is 2.76. The van der Waals surface area contributed by atoms with Crippen LogP contribution >= 0.6 is 23.2 Å². The number of rotatable bonds is 5. The van der Waals surface area contributed by atoms with Gasteiger partial charge in [-0.05, 0) is 35.4 Å². The van der Waals surface area contributed by atoms with Crippen molar-refractivity contribution in [2.75, 3.05) is 0 Å². The molecular weight excluding hydrogens is 419 g/mol. The summed E-state index contributed by atoms with van der Waals surface area (Å²) in [4.78, 5) is 25.8. The first-order chi connectivity index (χ1) is 14.5. The summed E-state index contributed by atoms with van der Waals surface area (Å²) in [7, 11) is 0. The summed E-state index contributed by atoms with van der Waals surface area (Å²) in [6, 6.07) is 23.5. The van der Waals surface area contributed by atoms with Gasteiger partial charge >= 0.3 is 0 Å². The fraction of sp³-hybridized carbons (Fsp3) is 0.0833. The van der Waals surface area contributed by atoms with E-state index in [0.29, 0.717) is 33.1 Å². The fourth-order valence-electron chi connectivity index (χ4n) is 3.37. The molecule has 1 heterocycles. The number of benzene rings is 3. The number of fused-ring (bicyclic) bond motifs is 1. The first-order valence-electron chi connectivity index (χ1n) is 9.41. The summed E-state index contributed by atoms with van der Waals surface area (Å²) in [6.45, 7) is 0.665. The number of pyridine rings is 1. The van der Waals surface area contributed by atoms with E-state index in [2.05, 4.69) is 5.32 Å². The third kappa shape index (κ3) is 4.25. The van der Waals surface area contributed by atoms with Gasteiger partial charge in [-0.3, -0.25) is 9.59 Å². The highest BCUT2D eigenvalue weighted by Crippen LogP contribution is 2.20. The molecule has 0 aliphatic heterocycles. The Hall–Kier alpha value is -3.08. The number of carbonyl (C=O) groups excluding carboxylic acids is 1. The molecule has 6 heteroatoms. The lowest BCUT2D eigenvalue weighted by Gasteiger charge is -2.14. The summed E-state index contributed by atoms with van der Waals surface area (Å²) in [5.41, 5.74) is 2.56. The molecule has 0 bridgehead atoms. The number of carbonyl (C=O) groups is 1. The van der Waals surface area contributed by atoms with Gasteiger partial charge in [0, 0.05) is 28.0 Å². The zero-order chi connectivity index (χ0) is 21.1. The second-order valence-corrected chi connectivity index (χ2v) is 7.74. The fourth-order valence-corrected chi connectivity index (χ4v) is 3.70. The van der Waals surface area contributed by atoms with Crippen LogP contribution < -0.4 is 10.9 Å². The maximum atomic E-state index is 12.9. The minimum Gasteiger partial charge on any atom is -0.348 e. The molecule has 3 aromatic carbocycles. The third-order valence-corrected chi connectivity index (χ3v) is 5.54. The first-order valence-corrected chi connectivity index (χ1v) is 10.2. The molecule has 0 unspecified atom stereocenters. The van der Waals surface area contributed by atoms with E-state index in [1.165, 1.54) is 6.07 Å². The van der Waals surface area contributed by atoms with Crippen LogP contribution in [0.5, 0.6) is 0 Å². The number of nitrogens with zero attached hydrogens (tertiary/aromatic N) is 1. The maximum absolute atomic E-state index is 12.9. The molecule has 4 aromatic rings. The molecule has 0 saturated heterocycles. The predicted molar refractivity (Wildman–Crippen MR) is 121 cm³/mol. The Morgan fingerprint density at radius 2 is 1.60 bits per heavy atom. The number of para-hydroxylation sites is 1. The van der Waals surface area contributed by atoms with Crippen LogP contribution in [0.25, 0.3) is 10.9 Å². The topological polar surface area (TPSA) is 51.1 Å². The van der Waals surface area contributed by atoms with E-state index in [1.807, 2.05) is 54.6 Å². The largest absolute Gasteiger partial charge is 0.348 e. The quantitative estimate of drug-likeness (QED) is 0.462. The van der Waals surface area contributed by atoms with Crippen LogP contribution in [0.1, 0.15) is 21.5 Å². The van der Waals surface area contributed by atoms with Crippen molar-refractivity contribution in [2.24, 2.45) is 0 Å². The zero-order valence-corrected chi connectivity index (χ0v) is 17.5. The van der Waals surface area contributed by atoms with Gasteiger partial charge < -0.3 is 9.88 Å². The highest BCUT2D eigenvalue weighted by molar-refractivity contribution is 6.31. The molecular formula is C24H18Cl2N2O2. The summed E-state index contributed by atoms with van der Waals surface area (Å²) in [5, 5.41) is 4.80. The Morgan fingerprint density at radius 3 is 2.37 bits per heavy atom. The second-order valence-electron chi connectivity index (χ2n) is 6.90. The number of hydrogen-bond donors (Lipinski definition) is 1. The molecule has 0 radical (unpaired) electrons. The molecule has 0 aliphatic rings. The Balaban J connectivity index is 1.68. The van der Waals surface area contributed by atoms with Gasteiger partial charge in [-0.2, -0.15) is 0 Å². The van der Waals surface area contributed by atoms with E-state index >= 15 is 0 Å². The van der Waals surface area contributed by atoms with Crippen LogP contribution in [0.4, 0.5) is 0 Å². The van der Waals surface area contributed by atoms with Gasteiger partial charge in [0.05, 0.1) is 17.6 Å². The van der Waals surface area contributed by atoms with E-state index < -0.39 is 0 Å². The smallest absolute Gasteiger partial charge is 0.252 e. The van der Waals surface area contributed by atoms with E-state index in [9.17, 15) is 9.59 Å². The number of aromatic nitrogens is 1. The SMILES string of the molecule is O=C(NCc1ccccc1Cl)c1cc(=O)n(Cc2ccc(Cl)cc2)c2ccccc12. The minimum atomic E-state index is -0.318. The summed E-state index contributed by atoms with van der Waals surface area (Å²) < 4.78 is 1.66. The van der Waals surface area contributed by atoms with Gasteiger partial charge in [0.15, 0.2) is 0 Å². The molecule has 0 aliphatic carbocycles. The summed E-state index contributed by atoms with van der Waals surface area (Å²) in [5.74, 6) is -0.318. The first kappa shape index (κ1) is 20.2. The second kappa shape index (κ2) is 8.74. The van der Waals surface area contributed by atoms with Crippen LogP contribution in [0.15, 0.2) is 83.7 Å². The van der Waals surface area contributed by atoms with Crippen LogP contribution in [-0.4, -0.2) is 10.5 Å². The highest BCUT2D eigenvalue weighted by Gasteiger charge is 2.15. The Kier molecular flexibility index (Phi) is 5.88. The molecule has 1 aromatic heterocycles. The van der Waals surface area contributed by atoms with Crippen molar-refractivity contribution < 1.29 is 4.79 Å². The van der Waals surface area contributed by atoms with Crippen molar-refractivity contribution in [3.63, 3.8) is 0 Å². The maximum Gasteiger partial charge on any atom is 0.252 e. The molecule has 0 spiro atoms. The van der Waals surface area contributed by atoms with Crippen LogP contribution in [0, 0.1) is 0 Å². The number of hydrogen-bond acceptors (Lipinski definition) is 2.